The number of nitrogens with zero attached hydrogens (tertiary/aromatic N) is 1. The number of carbonyl (C=O) groups is 1. The first kappa shape index (κ1) is 13.0. The van der Waals surface area contributed by atoms with E-state index in [1.54, 1.807) is 0 Å². The van der Waals surface area contributed by atoms with Crippen molar-refractivity contribution in [2.24, 2.45) is 11.7 Å². The summed E-state index contributed by atoms with van der Waals surface area (Å²) in [5.74, 6) is 0.841. The molecule has 1 heterocycles. The normalized spacial score (nSPS) is 18.9. The summed E-state index contributed by atoms with van der Waals surface area (Å²) in [4.78, 5) is 14.4. The van der Waals surface area contributed by atoms with Gasteiger partial charge in [-0.3, -0.25) is 4.79 Å². The van der Waals surface area contributed by atoms with Crippen LogP contribution in [0, 0.1) is 5.92 Å². The van der Waals surface area contributed by atoms with Gasteiger partial charge in [0.15, 0.2) is 0 Å². The van der Waals surface area contributed by atoms with Crippen LogP contribution in [0.25, 0.3) is 0 Å². The fraction of sp³-hybridized carbons (Fsp3) is 0.429. The molecule has 1 saturated heterocycles. The third kappa shape index (κ3) is 3.07. The molecule has 18 heavy (non-hydrogen) atoms. The van der Waals surface area contributed by atoms with Gasteiger partial charge < -0.3 is 10.6 Å². The van der Waals surface area contributed by atoms with E-state index >= 15 is 0 Å². The average Bonchev–Trinajstić information content (AvgIpc) is 2.76. The van der Waals surface area contributed by atoms with E-state index in [1.807, 2.05) is 29.2 Å². The largest absolute Gasteiger partial charge is 0.389 e. The number of hydrogen-bond donors (Lipinski definition) is 1. The van der Waals surface area contributed by atoms with Gasteiger partial charge in [0, 0.05) is 18.7 Å². The molecule has 1 fully saturated rings. The van der Waals surface area contributed by atoms with Gasteiger partial charge in [0.25, 0.3) is 0 Å². The van der Waals surface area contributed by atoms with Crippen LogP contribution in [0.5, 0.6) is 0 Å². The van der Waals surface area contributed by atoms with Gasteiger partial charge in [0.05, 0.1) is 6.42 Å². The Labute approximate surface area is 113 Å². The molecule has 0 spiro atoms. The molecule has 3 nitrogen and oxygen atoms in total. The fourth-order valence-corrected chi connectivity index (χ4v) is 2.37. The van der Waals surface area contributed by atoms with Crippen molar-refractivity contribution in [3.8, 4) is 0 Å². The van der Waals surface area contributed by atoms with Crippen molar-refractivity contribution in [3.05, 3.63) is 35.4 Å². The molecule has 0 radical (unpaired) electrons. The Balaban J connectivity index is 1.97. The summed E-state index contributed by atoms with van der Waals surface area (Å²) < 4.78 is 0. The van der Waals surface area contributed by atoms with Crippen LogP contribution < -0.4 is 5.73 Å². The monoisotopic (exact) mass is 262 g/mol. The Morgan fingerprint density at radius 3 is 2.61 bits per heavy atom. The van der Waals surface area contributed by atoms with Gasteiger partial charge >= 0.3 is 0 Å². The highest BCUT2D eigenvalue weighted by molar-refractivity contribution is 7.80. The van der Waals surface area contributed by atoms with E-state index in [0.29, 0.717) is 17.3 Å². The zero-order chi connectivity index (χ0) is 13.1. The van der Waals surface area contributed by atoms with Crippen molar-refractivity contribution in [2.45, 2.75) is 19.8 Å². The molecule has 0 saturated carbocycles. The van der Waals surface area contributed by atoms with Crippen LogP contribution in [0.3, 0.4) is 0 Å². The molecule has 0 bridgehead atoms. The first-order valence-electron chi connectivity index (χ1n) is 6.23. The molecule has 4 heteroatoms. The van der Waals surface area contributed by atoms with Gasteiger partial charge in [-0.05, 0) is 17.9 Å². The van der Waals surface area contributed by atoms with Crippen molar-refractivity contribution >= 4 is 23.1 Å². The number of benzene rings is 1. The van der Waals surface area contributed by atoms with E-state index in [-0.39, 0.29) is 5.91 Å². The van der Waals surface area contributed by atoms with E-state index < -0.39 is 0 Å². The molecule has 0 aromatic heterocycles. The maximum absolute atomic E-state index is 12.1. The summed E-state index contributed by atoms with van der Waals surface area (Å²) in [6.07, 6.45) is 1.58. The van der Waals surface area contributed by atoms with Gasteiger partial charge in [0.1, 0.15) is 4.99 Å². The van der Waals surface area contributed by atoms with Gasteiger partial charge in [0.2, 0.25) is 5.91 Å². The Hall–Kier alpha value is -1.42. The Kier molecular flexibility index (Phi) is 3.97. The standard InChI is InChI=1S/C14H18N2OS/c1-10-6-7-16(9-10)13(17)8-11-2-4-12(5-3-11)14(15)18/h2-5,10H,6-9H2,1H3,(H2,15,18). The molecule has 1 amide bonds. The maximum atomic E-state index is 12.1. The van der Waals surface area contributed by atoms with Crippen LogP contribution in [0.15, 0.2) is 24.3 Å². The molecule has 1 atom stereocenters. The topological polar surface area (TPSA) is 46.3 Å². The van der Waals surface area contributed by atoms with Crippen molar-refractivity contribution < 1.29 is 4.79 Å². The van der Waals surface area contributed by atoms with E-state index in [4.69, 9.17) is 18.0 Å². The van der Waals surface area contributed by atoms with E-state index in [9.17, 15) is 4.79 Å². The van der Waals surface area contributed by atoms with Crippen LogP contribution in [0.1, 0.15) is 24.5 Å². The molecule has 1 aromatic rings. The molecule has 1 aromatic carbocycles. The Morgan fingerprint density at radius 2 is 2.11 bits per heavy atom. The van der Waals surface area contributed by atoms with Gasteiger partial charge in [-0.25, -0.2) is 0 Å². The SMILES string of the molecule is CC1CCN(C(=O)Cc2ccc(C(N)=S)cc2)C1. The maximum Gasteiger partial charge on any atom is 0.226 e. The lowest BCUT2D eigenvalue weighted by Crippen LogP contribution is -2.29. The van der Waals surface area contributed by atoms with Crippen LogP contribution >= 0.6 is 12.2 Å². The first-order valence-corrected chi connectivity index (χ1v) is 6.63. The van der Waals surface area contributed by atoms with Crippen LogP contribution in [0.4, 0.5) is 0 Å². The molecule has 2 N–H and O–H groups in total. The number of hydrogen-bond acceptors (Lipinski definition) is 2. The number of amides is 1. The molecule has 1 aliphatic rings. The summed E-state index contributed by atoms with van der Waals surface area (Å²) in [7, 11) is 0. The highest BCUT2D eigenvalue weighted by Gasteiger charge is 2.22. The zero-order valence-corrected chi connectivity index (χ0v) is 11.4. The number of rotatable bonds is 3. The summed E-state index contributed by atoms with van der Waals surface area (Å²) >= 11 is 4.90. The summed E-state index contributed by atoms with van der Waals surface area (Å²) in [5.41, 5.74) is 7.39. The zero-order valence-electron chi connectivity index (χ0n) is 10.6. The van der Waals surface area contributed by atoms with Crippen LogP contribution in [0.2, 0.25) is 0 Å². The molecular weight excluding hydrogens is 244 g/mol. The number of carbonyl (C=O) groups excluding carboxylic acids is 1. The van der Waals surface area contributed by atoms with E-state index in [1.165, 1.54) is 0 Å². The van der Waals surface area contributed by atoms with Crippen LogP contribution in [-0.4, -0.2) is 28.9 Å². The molecular formula is C14H18N2OS. The van der Waals surface area contributed by atoms with Gasteiger partial charge in [-0.1, -0.05) is 43.4 Å². The lowest BCUT2D eigenvalue weighted by molar-refractivity contribution is -0.129. The van der Waals surface area contributed by atoms with Crippen molar-refractivity contribution in [1.82, 2.24) is 4.90 Å². The number of likely N-dealkylation sites (tertiary alicyclic amines) is 1. The lowest BCUT2D eigenvalue weighted by Gasteiger charge is -2.15. The third-order valence-electron chi connectivity index (χ3n) is 3.37. The Morgan fingerprint density at radius 1 is 1.44 bits per heavy atom. The summed E-state index contributed by atoms with van der Waals surface area (Å²) in [6.45, 7) is 3.97. The highest BCUT2D eigenvalue weighted by Crippen LogP contribution is 2.16. The third-order valence-corrected chi connectivity index (χ3v) is 3.61. The molecule has 0 aliphatic carbocycles. The highest BCUT2D eigenvalue weighted by atomic mass is 32.1. The van der Waals surface area contributed by atoms with Gasteiger partial charge in [-0.2, -0.15) is 0 Å². The molecule has 1 aliphatic heterocycles. The van der Waals surface area contributed by atoms with Crippen molar-refractivity contribution in [1.29, 1.82) is 0 Å². The summed E-state index contributed by atoms with van der Waals surface area (Å²) in [6, 6.07) is 7.59. The quantitative estimate of drug-likeness (QED) is 0.844. The van der Waals surface area contributed by atoms with E-state index in [0.717, 1.165) is 30.6 Å². The second-order valence-corrected chi connectivity index (χ2v) is 5.41. The second-order valence-electron chi connectivity index (χ2n) is 4.97. The minimum atomic E-state index is 0.211. The number of nitrogens with two attached hydrogens (primary N) is 1. The Bertz CT molecular complexity index is 455. The van der Waals surface area contributed by atoms with Gasteiger partial charge in [-0.15, -0.1) is 0 Å². The first-order chi connectivity index (χ1) is 8.56. The predicted octanol–water partition coefficient (Wildman–Crippen LogP) is 1.73. The van der Waals surface area contributed by atoms with E-state index in [2.05, 4.69) is 6.92 Å². The van der Waals surface area contributed by atoms with Crippen LogP contribution in [-0.2, 0) is 11.2 Å². The molecule has 1 unspecified atom stereocenters. The number of thiocarbonyl (C=S) groups is 1. The smallest absolute Gasteiger partial charge is 0.226 e. The molecule has 96 valence electrons. The van der Waals surface area contributed by atoms with Crippen molar-refractivity contribution in [3.63, 3.8) is 0 Å². The lowest BCUT2D eigenvalue weighted by atomic mass is 10.1. The minimum absolute atomic E-state index is 0.211. The summed E-state index contributed by atoms with van der Waals surface area (Å²) in [5, 5.41) is 0. The fourth-order valence-electron chi connectivity index (χ4n) is 2.23. The minimum Gasteiger partial charge on any atom is -0.389 e. The van der Waals surface area contributed by atoms with Crippen molar-refractivity contribution in [2.75, 3.05) is 13.1 Å². The second kappa shape index (κ2) is 5.48. The average molecular weight is 262 g/mol. The molecule has 2 rings (SSSR count). The predicted molar refractivity (Wildman–Crippen MR) is 76.4 cm³/mol.